The lowest BCUT2D eigenvalue weighted by Crippen LogP contribution is -2.30. The fourth-order valence-electron chi connectivity index (χ4n) is 2.84. The van der Waals surface area contributed by atoms with Crippen molar-refractivity contribution >= 4 is 66.0 Å². The van der Waals surface area contributed by atoms with E-state index in [2.05, 4.69) is 36.3 Å². The monoisotopic (exact) mass is 572 g/mol. The lowest BCUT2D eigenvalue weighted by Gasteiger charge is -2.11. The van der Waals surface area contributed by atoms with E-state index in [-0.39, 0.29) is 21.5 Å². The summed E-state index contributed by atoms with van der Waals surface area (Å²) >= 11 is 4.51. The van der Waals surface area contributed by atoms with E-state index in [1.165, 1.54) is 48.9 Å². The van der Waals surface area contributed by atoms with Crippen LogP contribution < -0.4 is 15.4 Å². The van der Waals surface area contributed by atoms with Gasteiger partial charge in [-0.2, -0.15) is 0 Å². The molecule has 0 aliphatic heterocycles. The van der Waals surface area contributed by atoms with Crippen LogP contribution in [0.4, 0.5) is 10.8 Å². The molecular weight excluding hydrogens is 556 g/mol. The Kier molecular flexibility index (Phi) is 7.44. The molecule has 0 spiro atoms. The van der Waals surface area contributed by atoms with Gasteiger partial charge in [0, 0.05) is 21.7 Å². The molecule has 0 saturated carbocycles. The van der Waals surface area contributed by atoms with Crippen LogP contribution in [0.5, 0.6) is 0 Å². The minimum absolute atomic E-state index is 0.00227. The summed E-state index contributed by atoms with van der Waals surface area (Å²) in [4.78, 5) is 29.4. The maximum atomic E-state index is 13.0. The van der Waals surface area contributed by atoms with Crippen molar-refractivity contribution in [1.29, 1.82) is 0 Å². The van der Waals surface area contributed by atoms with Crippen molar-refractivity contribution in [2.75, 3.05) is 10.0 Å². The first-order chi connectivity index (χ1) is 16.8. The molecule has 35 heavy (non-hydrogen) atoms. The second-order valence-corrected chi connectivity index (χ2v) is 10.5. The third-order valence-corrected chi connectivity index (χ3v) is 7.20. The molecule has 0 atom stereocenters. The van der Waals surface area contributed by atoms with Crippen LogP contribution in [0.2, 0.25) is 0 Å². The topological polar surface area (TPSA) is 130 Å². The molecule has 2 aromatic carbocycles. The van der Waals surface area contributed by atoms with Crippen molar-refractivity contribution in [3.8, 4) is 0 Å². The summed E-state index contributed by atoms with van der Waals surface area (Å²) in [6.07, 6.45) is 4.36. The first-order valence-electron chi connectivity index (χ1n) is 9.96. The highest BCUT2D eigenvalue weighted by Gasteiger charge is 2.18. The van der Waals surface area contributed by atoms with Crippen molar-refractivity contribution in [2.24, 2.45) is 0 Å². The lowest BCUT2D eigenvalue weighted by molar-refractivity contribution is -0.113. The van der Waals surface area contributed by atoms with Crippen LogP contribution in [0.3, 0.4) is 0 Å². The molecule has 0 bridgehead atoms. The zero-order valence-corrected chi connectivity index (χ0v) is 21.0. The van der Waals surface area contributed by atoms with Crippen LogP contribution in [-0.2, 0) is 14.8 Å². The van der Waals surface area contributed by atoms with Gasteiger partial charge < -0.3 is 15.1 Å². The molecule has 0 radical (unpaired) electrons. The van der Waals surface area contributed by atoms with Crippen LogP contribution in [0.1, 0.15) is 16.1 Å². The molecule has 0 unspecified atom stereocenters. The van der Waals surface area contributed by atoms with Crippen molar-refractivity contribution < 1.29 is 22.4 Å². The molecule has 2 amide bonds. The summed E-state index contributed by atoms with van der Waals surface area (Å²) < 4.78 is 33.3. The first-order valence-corrected chi connectivity index (χ1v) is 13.1. The van der Waals surface area contributed by atoms with Gasteiger partial charge >= 0.3 is 0 Å². The number of hydrogen-bond donors (Lipinski definition) is 3. The third-order valence-electron chi connectivity index (χ3n) is 4.50. The van der Waals surface area contributed by atoms with Crippen LogP contribution in [0, 0.1) is 0 Å². The summed E-state index contributed by atoms with van der Waals surface area (Å²) in [5.74, 6) is -1.16. The van der Waals surface area contributed by atoms with E-state index in [1.54, 1.807) is 35.7 Å². The SMILES string of the molecule is O=C(Nc1ccc(S(=O)(=O)Nc2nccs2)cc1)/C(=C\c1ccc(Br)cc1)NC(=O)c1ccco1. The van der Waals surface area contributed by atoms with Gasteiger partial charge in [0.05, 0.1) is 11.2 Å². The second kappa shape index (κ2) is 10.7. The zero-order valence-electron chi connectivity index (χ0n) is 17.8. The normalized spacial score (nSPS) is 11.6. The Balaban J connectivity index is 1.52. The molecule has 12 heteroatoms. The number of nitrogens with zero attached hydrogens (tertiary/aromatic N) is 1. The van der Waals surface area contributed by atoms with Gasteiger partial charge in [-0.3, -0.25) is 14.3 Å². The largest absolute Gasteiger partial charge is 0.459 e. The quantitative estimate of drug-likeness (QED) is 0.262. The number of anilines is 2. The number of hydrogen-bond acceptors (Lipinski definition) is 7. The predicted molar refractivity (Wildman–Crippen MR) is 136 cm³/mol. The number of carbonyl (C=O) groups excluding carboxylic acids is 2. The van der Waals surface area contributed by atoms with Gasteiger partial charge in [0.15, 0.2) is 10.9 Å². The number of amides is 2. The summed E-state index contributed by atoms with van der Waals surface area (Å²) in [6.45, 7) is 0. The number of nitrogens with one attached hydrogen (secondary N) is 3. The molecular formula is C23H17BrN4O5S2. The van der Waals surface area contributed by atoms with E-state index >= 15 is 0 Å². The average Bonchev–Trinajstić information content (AvgIpc) is 3.55. The van der Waals surface area contributed by atoms with E-state index in [0.717, 1.165) is 15.8 Å². The molecule has 2 aromatic heterocycles. The lowest BCUT2D eigenvalue weighted by atomic mass is 10.2. The molecule has 178 valence electrons. The van der Waals surface area contributed by atoms with Gasteiger partial charge in [-0.05, 0) is 60.2 Å². The zero-order chi connectivity index (χ0) is 24.8. The Morgan fingerprint density at radius 2 is 1.77 bits per heavy atom. The summed E-state index contributed by atoms with van der Waals surface area (Å²) in [7, 11) is -3.83. The van der Waals surface area contributed by atoms with Gasteiger partial charge in [0.1, 0.15) is 5.70 Å². The van der Waals surface area contributed by atoms with Crippen LogP contribution in [-0.4, -0.2) is 25.2 Å². The molecule has 0 fully saturated rings. The fourth-order valence-corrected chi connectivity index (χ4v) is 4.89. The number of aromatic nitrogens is 1. The van der Waals surface area contributed by atoms with Crippen LogP contribution in [0.15, 0.2) is 98.0 Å². The number of sulfonamides is 1. The third kappa shape index (κ3) is 6.44. The van der Waals surface area contributed by atoms with Crippen molar-refractivity contribution in [3.05, 3.63) is 100.0 Å². The summed E-state index contributed by atoms with van der Waals surface area (Å²) in [6, 6.07) is 15.8. The molecule has 9 nitrogen and oxygen atoms in total. The number of benzene rings is 2. The molecule has 4 rings (SSSR count). The van der Waals surface area contributed by atoms with Crippen molar-refractivity contribution in [1.82, 2.24) is 10.3 Å². The highest BCUT2D eigenvalue weighted by Crippen LogP contribution is 2.20. The maximum absolute atomic E-state index is 13.0. The molecule has 3 N–H and O–H groups in total. The van der Waals surface area contributed by atoms with E-state index in [4.69, 9.17) is 4.42 Å². The number of carbonyl (C=O) groups is 2. The molecule has 2 heterocycles. The first kappa shape index (κ1) is 24.4. The van der Waals surface area contributed by atoms with Crippen LogP contribution >= 0.6 is 27.3 Å². The van der Waals surface area contributed by atoms with E-state index in [1.807, 2.05) is 0 Å². The van der Waals surface area contributed by atoms with Crippen LogP contribution in [0.25, 0.3) is 6.08 Å². The van der Waals surface area contributed by atoms with E-state index in [9.17, 15) is 18.0 Å². The standard InChI is InChI=1S/C23H17BrN4O5S2/c24-16-5-3-15(4-6-16)14-19(27-22(30)20-2-1-12-33-20)21(29)26-17-7-9-18(10-8-17)35(31,32)28-23-25-11-13-34-23/h1-14H,(H,25,28)(H,26,29)(H,27,30)/b19-14+. The Morgan fingerprint density at radius 1 is 1.03 bits per heavy atom. The Hall–Kier alpha value is -3.74. The molecule has 4 aromatic rings. The smallest absolute Gasteiger partial charge is 0.291 e. The molecule has 0 aliphatic carbocycles. The molecule has 0 saturated heterocycles. The van der Waals surface area contributed by atoms with Gasteiger partial charge in [-0.15, -0.1) is 11.3 Å². The van der Waals surface area contributed by atoms with Gasteiger partial charge in [-0.1, -0.05) is 28.1 Å². The Bertz CT molecular complexity index is 1450. The minimum Gasteiger partial charge on any atom is -0.459 e. The van der Waals surface area contributed by atoms with Crippen molar-refractivity contribution in [3.63, 3.8) is 0 Å². The number of furan rings is 1. The number of halogens is 1. The van der Waals surface area contributed by atoms with Gasteiger partial charge in [0.2, 0.25) is 0 Å². The minimum atomic E-state index is -3.83. The predicted octanol–water partition coefficient (Wildman–Crippen LogP) is 4.71. The average molecular weight is 573 g/mol. The molecule has 0 aliphatic rings. The Morgan fingerprint density at radius 3 is 2.40 bits per heavy atom. The second-order valence-electron chi connectivity index (χ2n) is 6.96. The summed E-state index contributed by atoms with van der Waals surface area (Å²) in [5.41, 5.74) is 0.973. The van der Waals surface area contributed by atoms with Crippen molar-refractivity contribution in [2.45, 2.75) is 4.90 Å². The van der Waals surface area contributed by atoms with Gasteiger partial charge in [0.25, 0.3) is 21.8 Å². The fraction of sp³-hybridized carbons (Fsp3) is 0. The van der Waals surface area contributed by atoms with Gasteiger partial charge in [-0.25, -0.2) is 13.4 Å². The Labute approximate surface area is 213 Å². The van der Waals surface area contributed by atoms with E-state index < -0.39 is 21.8 Å². The number of thiazole rings is 1. The summed E-state index contributed by atoms with van der Waals surface area (Å²) in [5, 5.41) is 7.12. The highest BCUT2D eigenvalue weighted by molar-refractivity contribution is 9.10. The number of rotatable bonds is 8. The van der Waals surface area contributed by atoms with E-state index in [0.29, 0.717) is 11.3 Å². The maximum Gasteiger partial charge on any atom is 0.291 e. The highest BCUT2D eigenvalue weighted by atomic mass is 79.9.